The van der Waals surface area contributed by atoms with Crippen LogP contribution in [0.25, 0.3) is 6.08 Å². The van der Waals surface area contributed by atoms with E-state index < -0.39 is 30.4 Å². The monoisotopic (exact) mass is 617 g/mol. The van der Waals surface area contributed by atoms with E-state index in [4.69, 9.17) is 14.2 Å². The van der Waals surface area contributed by atoms with Crippen LogP contribution in [0.5, 0.6) is 0 Å². The molecule has 3 heterocycles. The Balaban J connectivity index is 1.54. The van der Waals surface area contributed by atoms with Gasteiger partial charge in [0.2, 0.25) is 0 Å². The lowest BCUT2D eigenvalue weighted by molar-refractivity contribution is -0.151. The van der Waals surface area contributed by atoms with Crippen molar-refractivity contribution in [3.63, 3.8) is 0 Å². The Morgan fingerprint density at radius 1 is 1.07 bits per heavy atom. The zero-order chi connectivity index (χ0) is 31.6. The van der Waals surface area contributed by atoms with Crippen LogP contribution in [0.3, 0.4) is 0 Å². The first-order valence-corrected chi connectivity index (χ1v) is 15.8. The number of β-amino-alcohol motifs (C(OH)–C–C–N with tert-alkyl or cyclic N) is 1. The molecule has 0 spiro atoms. The van der Waals surface area contributed by atoms with Crippen molar-refractivity contribution in [3.8, 4) is 0 Å². The van der Waals surface area contributed by atoms with Crippen LogP contribution >= 0.6 is 0 Å². The van der Waals surface area contributed by atoms with E-state index in [-0.39, 0.29) is 30.7 Å². The Morgan fingerprint density at radius 3 is 2.50 bits per heavy atom. The van der Waals surface area contributed by atoms with Gasteiger partial charge in [0.1, 0.15) is 18.0 Å². The van der Waals surface area contributed by atoms with E-state index in [2.05, 4.69) is 9.80 Å². The Labute approximate surface area is 260 Å². The van der Waals surface area contributed by atoms with Crippen molar-refractivity contribution >= 4 is 23.8 Å². The lowest BCUT2D eigenvalue weighted by Crippen LogP contribution is -2.47. The van der Waals surface area contributed by atoms with Gasteiger partial charge >= 0.3 is 12.1 Å². The number of cyclic esters (lactones) is 1. The molecule has 10 nitrogen and oxygen atoms in total. The number of piperazine rings is 1. The third kappa shape index (κ3) is 9.76. The van der Waals surface area contributed by atoms with Gasteiger partial charge in [0.25, 0.3) is 0 Å². The molecule has 3 aliphatic rings. The molecule has 1 aromatic carbocycles. The summed E-state index contributed by atoms with van der Waals surface area (Å²) in [6.07, 6.45) is 3.90. The van der Waals surface area contributed by atoms with E-state index in [1.54, 1.807) is 4.90 Å². The zero-order valence-electron chi connectivity index (χ0n) is 26.2. The fourth-order valence-electron chi connectivity index (χ4n) is 5.96. The molecule has 0 radical (unpaired) electrons. The highest BCUT2D eigenvalue weighted by Gasteiger charge is 2.29. The topological polar surface area (TPSA) is 112 Å². The summed E-state index contributed by atoms with van der Waals surface area (Å²) in [5, 5.41) is 19.8. The first-order valence-electron chi connectivity index (χ1n) is 15.8. The Hall–Kier alpha value is -2.99. The maximum Gasteiger partial charge on any atom is 0.410 e. The molecule has 2 fully saturated rings. The maximum absolute atomic E-state index is 14.8. The number of rotatable bonds is 6. The third-order valence-electron chi connectivity index (χ3n) is 8.67. The van der Waals surface area contributed by atoms with E-state index in [0.717, 1.165) is 37.4 Å². The van der Waals surface area contributed by atoms with Crippen LogP contribution < -0.4 is 4.90 Å². The molecule has 5 atom stereocenters. The molecule has 3 aliphatic heterocycles. The average molecular weight is 618 g/mol. The first-order chi connectivity index (χ1) is 21.1. The molecule has 0 unspecified atom stereocenters. The van der Waals surface area contributed by atoms with E-state index in [0.29, 0.717) is 51.3 Å². The standard InChI is InChI=1S/C33H48FN3O7/c1-23-4-6-29(39)22-31(40)44-32(24(2)5-7-30(23)43-33(41)37-13-16-42-17-14-37)25(3)18-26-19-27(34)21-28(20-26)36-10-8-35(9-11-36)12-15-38/h5,7,18-21,23-24,29-30,32,38-39H,4,6,8-17,22H2,1-3H3/b7-5+,25-18+/t23-,24-,29+,30-,32-/m0/s1. The van der Waals surface area contributed by atoms with Gasteiger partial charge < -0.3 is 34.2 Å². The number of benzene rings is 1. The summed E-state index contributed by atoms with van der Waals surface area (Å²) in [4.78, 5) is 31.7. The number of carbonyl (C=O) groups excluding carboxylic acids is 2. The van der Waals surface area contributed by atoms with Gasteiger partial charge in [0.05, 0.1) is 32.3 Å². The second-order valence-electron chi connectivity index (χ2n) is 12.2. The van der Waals surface area contributed by atoms with Crippen LogP contribution in [0.4, 0.5) is 14.9 Å². The average Bonchev–Trinajstić information content (AvgIpc) is 3.00. The highest BCUT2D eigenvalue weighted by molar-refractivity contribution is 5.71. The zero-order valence-corrected chi connectivity index (χ0v) is 26.2. The minimum atomic E-state index is -0.882. The number of anilines is 1. The Bertz CT molecular complexity index is 1160. The predicted molar refractivity (Wildman–Crippen MR) is 166 cm³/mol. The summed E-state index contributed by atoms with van der Waals surface area (Å²) in [6, 6.07) is 4.91. The van der Waals surface area contributed by atoms with Gasteiger partial charge in [-0.3, -0.25) is 9.69 Å². The molecule has 11 heteroatoms. The molecular weight excluding hydrogens is 569 g/mol. The van der Waals surface area contributed by atoms with E-state index in [1.165, 1.54) is 12.1 Å². The van der Waals surface area contributed by atoms with Gasteiger partial charge in [-0.1, -0.05) is 26.0 Å². The SMILES string of the molecule is C/C(=C\c1cc(F)cc(N2CCN(CCO)CC2)c1)[C@H]1OC(=O)C[C@H](O)CC[C@H](C)[C@@H](OC(=O)N2CCOCC2)/C=C/[C@@H]1C. The van der Waals surface area contributed by atoms with Crippen molar-refractivity contribution in [2.24, 2.45) is 11.8 Å². The van der Waals surface area contributed by atoms with Crippen LogP contribution in [-0.4, -0.2) is 116 Å². The number of ether oxygens (including phenoxy) is 3. The number of esters is 1. The van der Waals surface area contributed by atoms with Crippen LogP contribution in [0, 0.1) is 17.7 Å². The van der Waals surface area contributed by atoms with E-state index >= 15 is 0 Å². The first kappa shape index (κ1) is 33.9. The number of hydrogen-bond donors (Lipinski definition) is 2. The third-order valence-corrected chi connectivity index (χ3v) is 8.67. The quantitative estimate of drug-likeness (QED) is 0.366. The number of nitrogens with zero attached hydrogens (tertiary/aromatic N) is 3. The fraction of sp³-hybridized carbons (Fsp3) is 0.636. The van der Waals surface area contributed by atoms with Gasteiger partial charge in [-0.2, -0.15) is 0 Å². The molecule has 0 aliphatic carbocycles. The summed E-state index contributed by atoms with van der Waals surface area (Å²) < 4.78 is 32.0. The van der Waals surface area contributed by atoms with Gasteiger partial charge in [0.15, 0.2) is 0 Å². The van der Waals surface area contributed by atoms with Crippen molar-refractivity contribution in [1.29, 1.82) is 0 Å². The smallest absolute Gasteiger partial charge is 0.410 e. The molecule has 1 aromatic rings. The van der Waals surface area contributed by atoms with Gasteiger partial charge in [-0.25, -0.2) is 9.18 Å². The van der Waals surface area contributed by atoms with Gasteiger partial charge in [-0.15, -0.1) is 0 Å². The summed E-state index contributed by atoms with van der Waals surface area (Å²) >= 11 is 0. The molecule has 0 saturated carbocycles. The highest BCUT2D eigenvalue weighted by atomic mass is 19.1. The molecule has 1 amide bonds. The van der Waals surface area contributed by atoms with Crippen molar-refractivity contribution in [2.45, 2.75) is 58.3 Å². The fourth-order valence-corrected chi connectivity index (χ4v) is 5.96. The lowest BCUT2D eigenvalue weighted by Gasteiger charge is -2.36. The largest absolute Gasteiger partial charge is 0.457 e. The molecule has 2 saturated heterocycles. The number of hydrogen-bond acceptors (Lipinski definition) is 9. The van der Waals surface area contributed by atoms with Crippen molar-refractivity contribution < 1.29 is 38.4 Å². The number of carbonyl (C=O) groups is 2. The van der Waals surface area contributed by atoms with Crippen LogP contribution in [0.1, 0.15) is 45.6 Å². The molecule has 0 aromatic heterocycles. The minimum Gasteiger partial charge on any atom is -0.457 e. The van der Waals surface area contributed by atoms with Crippen molar-refractivity contribution in [3.05, 3.63) is 47.3 Å². The number of aliphatic hydroxyl groups is 2. The summed E-state index contributed by atoms with van der Waals surface area (Å²) in [7, 11) is 0. The molecule has 0 bridgehead atoms. The van der Waals surface area contributed by atoms with Crippen LogP contribution in [0.15, 0.2) is 35.9 Å². The molecular formula is C33H48FN3O7. The Kier molecular flexibility index (Phi) is 12.6. The summed E-state index contributed by atoms with van der Waals surface area (Å²) in [5.74, 6) is -1.24. The number of halogens is 1. The molecule has 44 heavy (non-hydrogen) atoms. The van der Waals surface area contributed by atoms with Crippen LogP contribution in [0.2, 0.25) is 0 Å². The second kappa shape index (κ2) is 16.4. The van der Waals surface area contributed by atoms with E-state index in [1.807, 2.05) is 45.1 Å². The van der Waals surface area contributed by atoms with Crippen molar-refractivity contribution in [2.75, 3.05) is 70.5 Å². The normalized spacial score (nSPS) is 28.9. The highest BCUT2D eigenvalue weighted by Crippen LogP contribution is 2.27. The number of aliphatic hydroxyl groups excluding tert-OH is 2. The minimum absolute atomic E-state index is 0.0835. The summed E-state index contributed by atoms with van der Waals surface area (Å²) in [5.41, 5.74) is 2.15. The predicted octanol–water partition coefficient (Wildman–Crippen LogP) is 3.47. The lowest BCUT2D eigenvalue weighted by atomic mass is 9.91. The maximum atomic E-state index is 14.8. The van der Waals surface area contributed by atoms with Gasteiger partial charge in [-0.05, 0) is 61.1 Å². The van der Waals surface area contributed by atoms with Crippen LogP contribution in [-0.2, 0) is 19.0 Å². The Morgan fingerprint density at radius 2 is 1.80 bits per heavy atom. The van der Waals surface area contributed by atoms with Crippen molar-refractivity contribution in [1.82, 2.24) is 9.80 Å². The van der Waals surface area contributed by atoms with Gasteiger partial charge in [0, 0.05) is 57.4 Å². The second-order valence-corrected chi connectivity index (χ2v) is 12.2. The molecule has 2 N–H and O–H groups in total. The number of amides is 1. The number of morpholine rings is 1. The molecule has 4 rings (SSSR count). The summed E-state index contributed by atoms with van der Waals surface area (Å²) in [6.45, 7) is 11.4. The van der Waals surface area contributed by atoms with E-state index in [9.17, 15) is 24.2 Å². The molecule has 244 valence electrons.